The van der Waals surface area contributed by atoms with Gasteiger partial charge in [0.2, 0.25) is 0 Å². The number of amides is 2. The summed E-state index contributed by atoms with van der Waals surface area (Å²) in [6.45, 7) is 0.113. The number of hydrogen-bond acceptors (Lipinski definition) is 5. The van der Waals surface area contributed by atoms with Crippen LogP contribution in [0.4, 0.5) is 0 Å². The molecule has 7 nitrogen and oxygen atoms in total. The van der Waals surface area contributed by atoms with Crippen molar-refractivity contribution >= 4 is 21.7 Å². The summed E-state index contributed by atoms with van der Waals surface area (Å²) in [7, 11) is -1.50. The molecule has 0 bridgehead atoms. The van der Waals surface area contributed by atoms with E-state index in [-0.39, 0.29) is 36.0 Å². The number of sulfone groups is 1. The lowest BCUT2D eigenvalue weighted by atomic mass is 10.1. The van der Waals surface area contributed by atoms with E-state index in [0.717, 1.165) is 5.56 Å². The molecule has 0 aliphatic carbocycles. The van der Waals surface area contributed by atoms with Gasteiger partial charge in [-0.3, -0.25) is 9.59 Å². The Morgan fingerprint density at radius 1 is 1.10 bits per heavy atom. The second-order valence-electron chi connectivity index (χ2n) is 7.01. The monoisotopic (exact) mass is 416 g/mol. The summed E-state index contributed by atoms with van der Waals surface area (Å²) < 4.78 is 28.8. The SMILES string of the molecule is CN(C(=O)COc1ccccc1C(=O)NCc1ccccc1)C1CCS(=O)(=O)C1. The summed E-state index contributed by atoms with van der Waals surface area (Å²) in [6, 6.07) is 15.9. The van der Waals surface area contributed by atoms with Crippen LogP contribution < -0.4 is 10.1 Å². The number of para-hydroxylation sites is 1. The first-order valence-corrected chi connectivity index (χ1v) is 11.2. The van der Waals surface area contributed by atoms with Crippen LogP contribution in [0.25, 0.3) is 0 Å². The number of carbonyl (C=O) groups excluding carboxylic acids is 2. The Balaban J connectivity index is 1.58. The van der Waals surface area contributed by atoms with Gasteiger partial charge >= 0.3 is 0 Å². The van der Waals surface area contributed by atoms with Crippen molar-refractivity contribution in [2.24, 2.45) is 0 Å². The van der Waals surface area contributed by atoms with E-state index in [0.29, 0.717) is 24.3 Å². The van der Waals surface area contributed by atoms with Gasteiger partial charge in [-0.1, -0.05) is 42.5 Å². The van der Waals surface area contributed by atoms with Gasteiger partial charge in [-0.25, -0.2) is 8.42 Å². The number of hydrogen-bond donors (Lipinski definition) is 1. The van der Waals surface area contributed by atoms with Gasteiger partial charge < -0.3 is 15.0 Å². The van der Waals surface area contributed by atoms with Crippen LogP contribution in [0.3, 0.4) is 0 Å². The van der Waals surface area contributed by atoms with E-state index in [1.807, 2.05) is 30.3 Å². The molecule has 2 aromatic rings. The van der Waals surface area contributed by atoms with Gasteiger partial charge in [0.1, 0.15) is 5.75 Å². The number of rotatable bonds is 7. The molecule has 0 spiro atoms. The Bertz CT molecular complexity index is 976. The number of carbonyl (C=O) groups is 2. The fraction of sp³-hybridized carbons (Fsp3) is 0.333. The number of ether oxygens (including phenoxy) is 1. The first-order chi connectivity index (χ1) is 13.9. The van der Waals surface area contributed by atoms with Crippen molar-refractivity contribution in [2.45, 2.75) is 19.0 Å². The van der Waals surface area contributed by atoms with Crippen molar-refractivity contribution in [2.75, 3.05) is 25.2 Å². The molecule has 1 aliphatic heterocycles. The van der Waals surface area contributed by atoms with Gasteiger partial charge in [0, 0.05) is 19.6 Å². The van der Waals surface area contributed by atoms with E-state index < -0.39 is 9.84 Å². The van der Waals surface area contributed by atoms with Crippen LogP contribution in [-0.2, 0) is 21.2 Å². The minimum Gasteiger partial charge on any atom is -0.483 e. The third-order valence-electron chi connectivity index (χ3n) is 4.93. The smallest absolute Gasteiger partial charge is 0.260 e. The maximum atomic E-state index is 12.5. The van der Waals surface area contributed by atoms with Gasteiger partial charge in [0.15, 0.2) is 16.4 Å². The number of likely N-dealkylation sites (N-methyl/N-ethyl adjacent to an activating group) is 1. The normalized spacial score (nSPS) is 17.5. The second kappa shape index (κ2) is 9.09. The largest absolute Gasteiger partial charge is 0.483 e. The number of benzene rings is 2. The molecule has 1 atom stereocenters. The van der Waals surface area contributed by atoms with Crippen molar-refractivity contribution in [1.29, 1.82) is 0 Å². The highest BCUT2D eigenvalue weighted by molar-refractivity contribution is 7.91. The molecule has 0 aromatic heterocycles. The summed E-state index contributed by atoms with van der Waals surface area (Å²) in [6.07, 6.45) is 0.434. The molecule has 2 amide bonds. The van der Waals surface area contributed by atoms with Crippen molar-refractivity contribution in [3.63, 3.8) is 0 Å². The lowest BCUT2D eigenvalue weighted by molar-refractivity contribution is -0.133. The number of nitrogens with one attached hydrogen (secondary N) is 1. The molecule has 1 heterocycles. The maximum Gasteiger partial charge on any atom is 0.260 e. The van der Waals surface area contributed by atoms with Gasteiger partial charge in [0.25, 0.3) is 11.8 Å². The zero-order valence-electron chi connectivity index (χ0n) is 16.2. The highest BCUT2D eigenvalue weighted by Crippen LogP contribution is 2.20. The molecule has 1 fully saturated rings. The maximum absolute atomic E-state index is 12.5. The summed E-state index contributed by atoms with van der Waals surface area (Å²) in [4.78, 5) is 26.4. The lowest BCUT2D eigenvalue weighted by Crippen LogP contribution is -2.40. The lowest BCUT2D eigenvalue weighted by Gasteiger charge is -2.23. The zero-order chi connectivity index (χ0) is 20.9. The third-order valence-corrected chi connectivity index (χ3v) is 6.68. The molecule has 8 heteroatoms. The molecule has 1 aliphatic rings. The van der Waals surface area contributed by atoms with Gasteiger partial charge in [-0.05, 0) is 24.1 Å². The van der Waals surface area contributed by atoms with Gasteiger partial charge in [0.05, 0.1) is 17.1 Å². The predicted octanol–water partition coefficient (Wildman–Crippen LogP) is 1.64. The van der Waals surface area contributed by atoms with Crippen LogP contribution >= 0.6 is 0 Å². The van der Waals surface area contributed by atoms with E-state index in [1.54, 1.807) is 31.3 Å². The molecule has 1 N–H and O–H groups in total. The van der Waals surface area contributed by atoms with Crippen LogP contribution in [-0.4, -0.2) is 56.3 Å². The van der Waals surface area contributed by atoms with Crippen LogP contribution in [0.1, 0.15) is 22.3 Å². The molecular weight excluding hydrogens is 392 g/mol. The molecule has 154 valence electrons. The minimum absolute atomic E-state index is 0.0201. The molecule has 2 aromatic carbocycles. The minimum atomic E-state index is -3.08. The summed E-state index contributed by atoms with van der Waals surface area (Å²) in [5, 5.41) is 2.84. The number of nitrogens with zero attached hydrogens (tertiary/aromatic N) is 1. The molecule has 0 radical (unpaired) electrons. The van der Waals surface area contributed by atoms with Crippen LogP contribution in [0, 0.1) is 0 Å². The van der Waals surface area contributed by atoms with Crippen LogP contribution in [0.15, 0.2) is 54.6 Å². The highest BCUT2D eigenvalue weighted by Gasteiger charge is 2.32. The average molecular weight is 416 g/mol. The summed E-state index contributed by atoms with van der Waals surface area (Å²) >= 11 is 0. The standard InChI is InChI=1S/C21H24N2O5S/c1-23(17-11-12-29(26,27)15-17)20(24)14-28-19-10-6-5-9-18(19)21(25)22-13-16-7-3-2-4-8-16/h2-10,17H,11-15H2,1H3,(H,22,25). The first kappa shape index (κ1) is 20.9. The second-order valence-corrected chi connectivity index (χ2v) is 9.24. The quantitative estimate of drug-likeness (QED) is 0.741. The van der Waals surface area contributed by atoms with Crippen molar-refractivity contribution in [3.8, 4) is 5.75 Å². The Morgan fingerprint density at radius 3 is 2.48 bits per heavy atom. The molecule has 29 heavy (non-hydrogen) atoms. The molecule has 0 saturated carbocycles. The third kappa shape index (κ3) is 5.57. The summed E-state index contributed by atoms with van der Waals surface area (Å²) in [5.74, 6) is -0.244. The van der Waals surface area contributed by atoms with Crippen molar-refractivity contribution in [3.05, 3.63) is 65.7 Å². The zero-order valence-corrected chi connectivity index (χ0v) is 17.0. The van der Waals surface area contributed by atoms with E-state index in [4.69, 9.17) is 4.74 Å². The fourth-order valence-electron chi connectivity index (χ4n) is 3.18. The Hall–Kier alpha value is -2.87. The Kier molecular flexibility index (Phi) is 6.53. The van der Waals surface area contributed by atoms with E-state index in [9.17, 15) is 18.0 Å². The van der Waals surface area contributed by atoms with Crippen molar-refractivity contribution in [1.82, 2.24) is 10.2 Å². The fourth-order valence-corrected chi connectivity index (χ4v) is 4.95. The summed E-state index contributed by atoms with van der Waals surface area (Å²) in [5.41, 5.74) is 1.31. The molecule has 1 saturated heterocycles. The van der Waals surface area contributed by atoms with Gasteiger partial charge in [-0.2, -0.15) is 0 Å². The Labute approximate surface area is 170 Å². The predicted molar refractivity (Wildman–Crippen MR) is 109 cm³/mol. The Morgan fingerprint density at radius 2 is 1.79 bits per heavy atom. The molecule has 1 unspecified atom stereocenters. The van der Waals surface area contributed by atoms with Crippen molar-refractivity contribution < 1.29 is 22.7 Å². The van der Waals surface area contributed by atoms with Crippen LogP contribution in [0.5, 0.6) is 5.75 Å². The first-order valence-electron chi connectivity index (χ1n) is 9.36. The molecule has 3 rings (SSSR count). The van der Waals surface area contributed by atoms with Crippen LogP contribution in [0.2, 0.25) is 0 Å². The van der Waals surface area contributed by atoms with E-state index >= 15 is 0 Å². The van der Waals surface area contributed by atoms with E-state index in [1.165, 1.54) is 4.90 Å². The topological polar surface area (TPSA) is 92.8 Å². The van der Waals surface area contributed by atoms with E-state index in [2.05, 4.69) is 5.32 Å². The highest BCUT2D eigenvalue weighted by atomic mass is 32.2. The average Bonchev–Trinajstić information content (AvgIpc) is 3.10. The van der Waals surface area contributed by atoms with Gasteiger partial charge in [-0.15, -0.1) is 0 Å². The molecular formula is C21H24N2O5S.